The van der Waals surface area contributed by atoms with E-state index in [1.165, 1.54) is 32.9 Å². The summed E-state index contributed by atoms with van der Waals surface area (Å²) in [4.78, 5) is 14.6. The van der Waals surface area contributed by atoms with Crippen molar-refractivity contribution in [1.82, 2.24) is 9.97 Å². The molecule has 0 N–H and O–H groups in total. The number of hydrogen-bond acceptors (Lipinski definition) is 5. The third-order valence-corrected chi connectivity index (χ3v) is 5.71. The summed E-state index contributed by atoms with van der Waals surface area (Å²) in [6.45, 7) is 18.7. The van der Waals surface area contributed by atoms with Gasteiger partial charge in [0.05, 0.1) is 30.3 Å². The third-order valence-electron chi connectivity index (χ3n) is 5.71. The fraction of sp³-hybridized carbons (Fsp3) is 0.179. The van der Waals surface area contributed by atoms with Gasteiger partial charge >= 0.3 is 18.0 Å². The zero-order valence-corrected chi connectivity index (χ0v) is 21.3. The molecule has 2 heterocycles. The monoisotopic (exact) mass is 567 g/mol. The largest absolute Gasteiger partial charge is 0.443 e. The Morgan fingerprint density at radius 2 is 1.20 bits per heavy atom. The van der Waals surface area contributed by atoms with E-state index >= 15 is 0 Å². The first-order valence-corrected chi connectivity index (χ1v) is 11.4. The maximum absolute atomic E-state index is 13.6. The molecule has 0 radical (unpaired) electrons. The van der Waals surface area contributed by atoms with Crippen molar-refractivity contribution in [2.24, 2.45) is 0 Å². The van der Waals surface area contributed by atoms with E-state index in [9.17, 15) is 31.6 Å². The fourth-order valence-corrected chi connectivity index (χ4v) is 3.93. The molecule has 4 aromatic rings. The molecule has 0 fully saturated rings. The van der Waals surface area contributed by atoms with Crippen molar-refractivity contribution >= 4 is 11.4 Å². The first-order chi connectivity index (χ1) is 19.2. The van der Waals surface area contributed by atoms with Crippen LogP contribution in [0.5, 0.6) is 0 Å². The Bertz CT molecular complexity index is 2030. The normalized spacial score (nSPS) is 14.1. The van der Waals surface area contributed by atoms with Crippen molar-refractivity contribution in [3.63, 3.8) is 0 Å². The van der Waals surface area contributed by atoms with Crippen molar-refractivity contribution < 1.29 is 35.2 Å². The van der Waals surface area contributed by atoms with Crippen LogP contribution >= 0.6 is 0 Å². The summed E-state index contributed by atoms with van der Waals surface area (Å²) in [6.07, 6.45) is -9.46. The van der Waals surface area contributed by atoms with Crippen molar-refractivity contribution in [3.05, 3.63) is 103 Å². The molecule has 0 saturated carbocycles. The third kappa shape index (κ3) is 5.68. The van der Waals surface area contributed by atoms with Crippen LogP contribution in [0.2, 0.25) is 0 Å². The van der Waals surface area contributed by atoms with Gasteiger partial charge in [-0.05, 0) is 68.3 Å². The van der Waals surface area contributed by atoms with E-state index in [1.54, 1.807) is 6.07 Å². The van der Waals surface area contributed by atoms with Crippen molar-refractivity contribution in [2.45, 2.75) is 33.1 Å². The molecule has 2 aromatic heterocycles. The fourth-order valence-electron chi connectivity index (χ4n) is 3.93. The van der Waals surface area contributed by atoms with Crippen molar-refractivity contribution in [2.75, 3.05) is 0 Å². The smallest absolute Gasteiger partial charge is 0.416 e. The molecule has 0 amide bonds. The standard InChI is InChI=1S/C28H15F6N5O2/c1-13-6-16(10-18(8-13)27(29,30)31)21-23(40-25(38-21)15(3)36-4)24-22(39-26(41-24)20(12-35)37-5)17-7-14(2)9-19(11-17)28(32,33)34/h6-11H,1-3H3/b24-23+,25-15-,26-20+. The highest BCUT2D eigenvalue weighted by Crippen LogP contribution is 2.35. The van der Waals surface area contributed by atoms with E-state index < -0.39 is 40.1 Å². The van der Waals surface area contributed by atoms with E-state index in [1.807, 2.05) is 0 Å². The maximum Gasteiger partial charge on any atom is 0.416 e. The summed E-state index contributed by atoms with van der Waals surface area (Å²) in [7, 11) is 0. The summed E-state index contributed by atoms with van der Waals surface area (Å²) in [5.74, 6) is 0. The van der Waals surface area contributed by atoms with Crippen LogP contribution in [-0.4, -0.2) is 9.97 Å². The number of rotatable bonds is 2. The van der Waals surface area contributed by atoms with Gasteiger partial charge in [0.25, 0.3) is 0 Å². The minimum Gasteiger partial charge on any atom is -0.443 e. The zero-order chi connectivity index (χ0) is 30.3. The predicted octanol–water partition coefficient (Wildman–Crippen LogP) is 6.54. The number of aromatic nitrogens is 2. The van der Waals surface area contributed by atoms with Gasteiger partial charge in [-0.2, -0.15) is 26.3 Å². The lowest BCUT2D eigenvalue weighted by Gasteiger charge is -2.10. The molecule has 13 heteroatoms. The second-order valence-electron chi connectivity index (χ2n) is 8.83. The summed E-state index contributed by atoms with van der Waals surface area (Å²) in [6, 6.07) is 7.65. The predicted molar refractivity (Wildman–Crippen MR) is 132 cm³/mol. The lowest BCUT2D eigenvalue weighted by Crippen LogP contribution is -2.06. The lowest BCUT2D eigenvalue weighted by molar-refractivity contribution is -0.138. The van der Waals surface area contributed by atoms with Crippen LogP contribution in [0.25, 0.3) is 43.6 Å². The average molecular weight is 567 g/mol. The van der Waals surface area contributed by atoms with Gasteiger partial charge in [0.15, 0.2) is 10.8 Å². The molecule has 0 aliphatic carbocycles. The number of alkyl halides is 6. The Kier molecular flexibility index (Phi) is 7.21. The number of nitriles is 1. The van der Waals surface area contributed by atoms with Crippen LogP contribution in [0, 0.1) is 49.2 Å². The molecule has 0 aliphatic heterocycles. The summed E-state index contributed by atoms with van der Waals surface area (Å²) < 4.78 is 93.2. The highest BCUT2D eigenvalue weighted by atomic mass is 19.4. The Morgan fingerprint density at radius 3 is 1.59 bits per heavy atom. The van der Waals surface area contributed by atoms with Crippen molar-refractivity contribution in [1.29, 1.82) is 5.26 Å². The van der Waals surface area contributed by atoms with E-state index in [4.69, 9.17) is 22.0 Å². The van der Waals surface area contributed by atoms with Crippen LogP contribution in [0.1, 0.15) is 29.2 Å². The van der Waals surface area contributed by atoms with E-state index in [-0.39, 0.29) is 50.3 Å². The first kappa shape index (κ1) is 28.7. The molecule has 4 rings (SSSR count). The molecule has 0 aliphatic rings. The first-order valence-electron chi connectivity index (χ1n) is 11.4. The Balaban J connectivity index is 2.30. The van der Waals surface area contributed by atoms with Gasteiger partial charge in [0, 0.05) is 11.1 Å². The zero-order valence-electron chi connectivity index (χ0n) is 21.3. The minimum atomic E-state index is -4.74. The number of benzene rings is 2. The average Bonchev–Trinajstić information content (AvgIpc) is 3.52. The van der Waals surface area contributed by atoms with E-state index in [0.717, 1.165) is 24.3 Å². The molecule has 0 bridgehead atoms. The second kappa shape index (κ2) is 10.3. The minimum absolute atomic E-state index is 0.0807. The summed E-state index contributed by atoms with van der Waals surface area (Å²) in [5.41, 5.74) is -4.75. The quantitative estimate of drug-likeness (QED) is 0.203. The van der Waals surface area contributed by atoms with Crippen LogP contribution in [-0.2, 0) is 12.4 Å². The van der Waals surface area contributed by atoms with Crippen LogP contribution in [0.4, 0.5) is 26.3 Å². The molecule has 0 spiro atoms. The summed E-state index contributed by atoms with van der Waals surface area (Å²) in [5, 5.41) is 9.37. The van der Waals surface area contributed by atoms with Gasteiger partial charge in [-0.25, -0.2) is 24.9 Å². The Hall–Kier alpha value is -5.35. The van der Waals surface area contributed by atoms with Crippen LogP contribution in [0.15, 0.2) is 45.2 Å². The van der Waals surface area contributed by atoms with Gasteiger partial charge in [-0.15, -0.1) is 0 Å². The van der Waals surface area contributed by atoms with E-state index in [0.29, 0.717) is 0 Å². The van der Waals surface area contributed by atoms with Gasteiger partial charge in [-0.3, -0.25) is 0 Å². The highest BCUT2D eigenvalue weighted by molar-refractivity contribution is 5.67. The van der Waals surface area contributed by atoms with Crippen LogP contribution < -0.4 is 11.1 Å². The molecular formula is C28H15F6N5O2. The number of nitrogens with zero attached hydrogens (tertiary/aromatic N) is 5. The Labute approximate surface area is 227 Å². The van der Waals surface area contributed by atoms with Gasteiger partial charge in [0.2, 0.25) is 16.8 Å². The molecule has 206 valence electrons. The molecular weight excluding hydrogens is 552 g/mol. The molecule has 41 heavy (non-hydrogen) atoms. The number of oxazole rings is 2. The SMILES string of the molecule is [C-]#[N+]/C(C)=c1/nc(-c2cc(C)cc(C(F)(F)F)c2)/c(=c2\o/c(=C(\C#N)[N+]#[C-])nc2-c2cc(C)cc(C(F)(F)F)c2)o1. The second-order valence-corrected chi connectivity index (χ2v) is 8.83. The van der Waals surface area contributed by atoms with Gasteiger partial charge < -0.3 is 8.83 Å². The highest BCUT2D eigenvalue weighted by Gasteiger charge is 2.33. The van der Waals surface area contributed by atoms with Crippen LogP contribution in [0.3, 0.4) is 0 Å². The van der Waals surface area contributed by atoms with Crippen molar-refractivity contribution in [3.8, 4) is 28.6 Å². The molecule has 0 atom stereocenters. The topological polar surface area (TPSA) is 84.6 Å². The van der Waals surface area contributed by atoms with Gasteiger partial charge in [-0.1, -0.05) is 0 Å². The maximum atomic E-state index is 13.6. The molecule has 0 saturated heterocycles. The summed E-state index contributed by atoms with van der Waals surface area (Å²) >= 11 is 0. The molecule has 7 nitrogen and oxygen atoms in total. The lowest BCUT2D eigenvalue weighted by atomic mass is 10.0. The van der Waals surface area contributed by atoms with Gasteiger partial charge in [0.1, 0.15) is 11.4 Å². The number of halogens is 6. The molecule has 0 unspecified atom stereocenters. The number of hydrogen-bond donors (Lipinski definition) is 0. The number of aryl methyl sites for hydroxylation is 2. The Morgan fingerprint density at radius 1 is 0.756 bits per heavy atom. The van der Waals surface area contributed by atoms with E-state index in [2.05, 4.69) is 19.7 Å². The molecule has 2 aromatic carbocycles.